The van der Waals surface area contributed by atoms with Crippen LogP contribution in [0.2, 0.25) is 5.02 Å². The molecule has 0 aliphatic rings. The van der Waals surface area contributed by atoms with Gasteiger partial charge in [-0.05, 0) is 49.7 Å². The fourth-order valence-electron chi connectivity index (χ4n) is 3.37. The molecule has 0 saturated heterocycles. The van der Waals surface area contributed by atoms with Gasteiger partial charge in [-0.2, -0.15) is 0 Å². The molecule has 0 fully saturated rings. The minimum Gasteiger partial charge on any atom is -0.505 e. The molecule has 1 heterocycles. The van der Waals surface area contributed by atoms with Crippen molar-refractivity contribution in [3.63, 3.8) is 0 Å². The van der Waals surface area contributed by atoms with Crippen LogP contribution < -0.4 is 5.32 Å². The van der Waals surface area contributed by atoms with Crippen LogP contribution in [0, 0.1) is 12.7 Å². The zero-order valence-corrected chi connectivity index (χ0v) is 15.8. The number of nitrogens with one attached hydrogen (secondary N) is 1. The van der Waals surface area contributed by atoms with Crippen molar-refractivity contribution in [2.75, 3.05) is 7.05 Å². The molecule has 2 aromatic carbocycles. The summed E-state index contributed by atoms with van der Waals surface area (Å²) in [5, 5.41) is 12.8. The smallest absolute Gasteiger partial charge is 0.262 e. The maximum Gasteiger partial charge on any atom is 0.262 e. The monoisotopic (exact) mass is 388 g/mol. The van der Waals surface area contributed by atoms with Gasteiger partial charge < -0.3 is 10.4 Å². The van der Waals surface area contributed by atoms with E-state index in [2.05, 4.69) is 5.32 Å². The van der Waals surface area contributed by atoms with Crippen LogP contribution >= 0.6 is 11.6 Å². The number of aromatic nitrogens is 1. The number of hydrogen-bond acceptors (Lipinski definition) is 3. The lowest BCUT2D eigenvalue weighted by atomic mass is 9.96. The first kappa shape index (κ1) is 18.9. The highest BCUT2D eigenvalue weighted by Crippen LogP contribution is 2.37. The first-order chi connectivity index (χ1) is 12.8. The van der Waals surface area contributed by atoms with E-state index in [0.29, 0.717) is 21.8 Å². The van der Waals surface area contributed by atoms with E-state index in [1.807, 2.05) is 0 Å². The molecule has 0 radical (unpaired) electrons. The number of phenolic OH excluding ortho intramolecular Hbond substituents is 1. The highest BCUT2D eigenvalue weighted by Gasteiger charge is 2.29. The van der Waals surface area contributed by atoms with Gasteiger partial charge in [-0.1, -0.05) is 17.7 Å². The van der Waals surface area contributed by atoms with E-state index in [1.165, 1.54) is 29.8 Å². The molecule has 140 valence electrons. The zero-order chi connectivity index (χ0) is 19.9. The lowest BCUT2D eigenvalue weighted by molar-refractivity contribution is -0.121. The second-order valence-electron chi connectivity index (χ2n) is 6.28. The van der Waals surface area contributed by atoms with Gasteiger partial charge in [0.25, 0.3) is 5.91 Å². The van der Waals surface area contributed by atoms with Gasteiger partial charge in [0.1, 0.15) is 0 Å². The predicted octanol–water partition coefficient (Wildman–Crippen LogP) is 3.99. The highest BCUT2D eigenvalue weighted by molar-refractivity contribution is 6.31. The van der Waals surface area contributed by atoms with Crippen LogP contribution in [-0.4, -0.2) is 28.5 Å². The Morgan fingerprint density at radius 1 is 1.26 bits per heavy atom. The zero-order valence-electron chi connectivity index (χ0n) is 15.0. The van der Waals surface area contributed by atoms with Gasteiger partial charge in [-0.15, -0.1) is 0 Å². The molecule has 0 spiro atoms. The minimum absolute atomic E-state index is 0.0546. The van der Waals surface area contributed by atoms with Crippen molar-refractivity contribution in [3.8, 4) is 5.75 Å². The third-order valence-electron chi connectivity index (χ3n) is 4.68. The number of amides is 1. The van der Waals surface area contributed by atoms with Crippen LogP contribution in [0.15, 0.2) is 36.4 Å². The van der Waals surface area contributed by atoms with Crippen LogP contribution in [0.1, 0.15) is 34.5 Å². The molecule has 2 N–H and O–H groups in total. The Hall–Kier alpha value is -2.86. The molecule has 0 aliphatic heterocycles. The van der Waals surface area contributed by atoms with Crippen molar-refractivity contribution in [1.29, 1.82) is 0 Å². The summed E-state index contributed by atoms with van der Waals surface area (Å²) >= 11 is 5.99. The number of hydrogen-bond donors (Lipinski definition) is 2. The van der Waals surface area contributed by atoms with Crippen LogP contribution in [0.25, 0.3) is 10.9 Å². The van der Waals surface area contributed by atoms with Gasteiger partial charge in [0.05, 0.1) is 11.4 Å². The molecule has 7 heteroatoms. The molecular formula is C20H18ClFN2O3. The van der Waals surface area contributed by atoms with Gasteiger partial charge in [-0.3, -0.25) is 14.2 Å². The molecule has 3 aromatic rings. The Morgan fingerprint density at radius 2 is 1.96 bits per heavy atom. The molecule has 5 nitrogen and oxygen atoms in total. The van der Waals surface area contributed by atoms with Crippen molar-refractivity contribution in [2.45, 2.75) is 19.8 Å². The summed E-state index contributed by atoms with van der Waals surface area (Å²) in [6.07, 6.45) is 0. The van der Waals surface area contributed by atoms with Gasteiger partial charge >= 0.3 is 0 Å². The molecule has 1 atom stereocenters. The van der Waals surface area contributed by atoms with E-state index < -0.39 is 23.4 Å². The van der Waals surface area contributed by atoms with Crippen LogP contribution in [0.4, 0.5) is 4.39 Å². The Balaban J connectivity index is 2.34. The Kier molecular flexibility index (Phi) is 4.93. The maximum atomic E-state index is 14.8. The van der Waals surface area contributed by atoms with E-state index in [9.17, 15) is 19.1 Å². The van der Waals surface area contributed by atoms with Crippen molar-refractivity contribution in [2.24, 2.45) is 0 Å². The van der Waals surface area contributed by atoms with E-state index in [1.54, 1.807) is 32.0 Å². The van der Waals surface area contributed by atoms with Crippen LogP contribution in [0.5, 0.6) is 5.75 Å². The number of fused-ring (bicyclic) bond motifs is 1. The summed E-state index contributed by atoms with van der Waals surface area (Å²) < 4.78 is 16.1. The summed E-state index contributed by atoms with van der Waals surface area (Å²) in [5.74, 6) is -2.85. The van der Waals surface area contributed by atoms with Gasteiger partial charge in [0, 0.05) is 28.7 Å². The SMILES string of the molecule is CNC(=O)C(C)c1c(C)n(C(=O)c2cccc(Cl)c2)c2ccc(O)c(F)c12. The number of halogens is 2. The normalized spacial score (nSPS) is 12.2. The molecule has 0 saturated carbocycles. The molecule has 3 rings (SSSR count). The van der Waals surface area contributed by atoms with E-state index >= 15 is 0 Å². The fourth-order valence-corrected chi connectivity index (χ4v) is 3.56. The van der Waals surface area contributed by atoms with E-state index in [-0.39, 0.29) is 16.8 Å². The third kappa shape index (κ3) is 3.06. The maximum absolute atomic E-state index is 14.8. The molecule has 0 bridgehead atoms. The first-order valence-corrected chi connectivity index (χ1v) is 8.70. The van der Waals surface area contributed by atoms with E-state index in [4.69, 9.17) is 11.6 Å². The molecule has 1 aromatic heterocycles. The summed E-state index contributed by atoms with van der Waals surface area (Å²) in [4.78, 5) is 25.3. The van der Waals surface area contributed by atoms with Crippen LogP contribution in [0.3, 0.4) is 0 Å². The Bertz CT molecular complexity index is 1070. The lowest BCUT2D eigenvalue weighted by Gasteiger charge is -2.12. The minimum atomic E-state index is -0.862. The average Bonchev–Trinajstić information content (AvgIpc) is 2.95. The number of rotatable bonds is 3. The number of likely N-dealkylation sites (N-methyl/N-ethyl adjacent to an activating group) is 1. The third-order valence-corrected chi connectivity index (χ3v) is 4.92. The molecule has 0 aliphatic carbocycles. The lowest BCUT2D eigenvalue weighted by Crippen LogP contribution is -2.24. The number of carbonyl (C=O) groups excluding carboxylic acids is 2. The molecule has 1 amide bonds. The van der Waals surface area contributed by atoms with Crippen molar-refractivity contribution < 1.29 is 19.1 Å². The summed E-state index contributed by atoms with van der Waals surface area (Å²) in [6, 6.07) is 9.08. The number of nitrogens with zero attached hydrogens (tertiary/aromatic N) is 1. The quantitative estimate of drug-likeness (QED) is 0.712. The van der Waals surface area contributed by atoms with Crippen LogP contribution in [-0.2, 0) is 4.79 Å². The van der Waals surface area contributed by atoms with Gasteiger partial charge in [-0.25, -0.2) is 4.39 Å². The summed E-state index contributed by atoms with van der Waals surface area (Å²) in [5.41, 5.74) is 1.39. The Morgan fingerprint density at radius 3 is 2.59 bits per heavy atom. The topological polar surface area (TPSA) is 71.3 Å². The number of benzene rings is 2. The second kappa shape index (κ2) is 7.04. The predicted molar refractivity (Wildman–Crippen MR) is 102 cm³/mol. The second-order valence-corrected chi connectivity index (χ2v) is 6.72. The largest absolute Gasteiger partial charge is 0.505 e. The summed E-state index contributed by atoms with van der Waals surface area (Å²) in [7, 11) is 1.48. The number of carbonyl (C=O) groups is 2. The number of aromatic hydroxyl groups is 1. The Labute approximate surface area is 160 Å². The van der Waals surface area contributed by atoms with E-state index in [0.717, 1.165) is 0 Å². The molecule has 27 heavy (non-hydrogen) atoms. The standard InChI is InChI=1S/C20H18ClFN2O3/c1-10(19(26)23-3)16-11(2)24(14-7-8-15(25)18(22)17(14)16)20(27)12-5-4-6-13(21)9-12/h4-10,25H,1-3H3,(H,23,26). The van der Waals surface area contributed by atoms with Crippen molar-refractivity contribution in [3.05, 3.63) is 64.1 Å². The van der Waals surface area contributed by atoms with Crippen molar-refractivity contribution in [1.82, 2.24) is 9.88 Å². The highest BCUT2D eigenvalue weighted by atomic mass is 35.5. The number of phenols is 1. The average molecular weight is 389 g/mol. The van der Waals surface area contributed by atoms with Crippen molar-refractivity contribution >= 4 is 34.3 Å². The fraction of sp³-hybridized carbons (Fsp3) is 0.200. The molecule has 1 unspecified atom stereocenters. The van der Waals surface area contributed by atoms with Gasteiger partial charge in [0.15, 0.2) is 11.6 Å². The van der Waals surface area contributed by atoms with Gasteiger partial charge in [0.2, 0.25) is 5.91 Å². The molecular weight excluding hydrogens is 371 g/mol. The first-order valence-electron chi connectivity index (χ1n) is 8.32. The summed E-state index contributed by atoms with van der Waals surface area (Å²) in [6.45, 7) is 3.27.